The second kappa shape index (κ2) is 20.5. The molecule has 10 nitrogen and oxygen atoms in total. The van der Waals surface area contributed by atoms with Crippen LogP contribution >= 0.6 is 57.6 Å². The molecule has 4 rings (SSSR count). The van der Waals surface area contributed by atoms with Gasteiger partial charge in [-0.25, -0.2) is 9.97 Å². The first-order valence-electron chi connectivity index (χ1n) is 13.8. The molecule has 0 aromatic carbocycles. The molecule has 4 heterocycles. The molecule has 0 spiro atoms. The number of hydrogen-bond donors (Lipinski definition) is 2. The number of halogens is 4. The summed E-state index contributed by atoms with van der Waals surface area (Å²) in [6.07, 6.45) is 1.09. The van der Waals surface area contributed by atoms with Gasteiger partial charge >= 0.3 is 0 Å². The molecular weight excluding hydrogens is 793 g/mol. The summed E-state index contributed by atoms with van der Waals surface area (Å²) in [6.45, 7) is 13.4. The molecule has 0 amide bonds. The number of pyridine rings is 2. The number of ketones is 2. The first kappa shape index (κ1) is 38.6. The number of carbonyl (C=O) groups is 2. The fraction of sp³-hybridized carbons (Fsp3) is 0.571. The average molecular weight is 835 g/mol. The van der Waals surface area contributed by atoms with E-state index in [9.17, 15) is 14.0 Å². The van der Waals surface area contributed by atoms with E-state index in [1.807, 2.05) is 37.8 Å². The molecule has 2 aliphatic heterocycles. The Morgan fingerprint density at radius 3 is 1.74 bits per heavy atom. The molecule has 2 atom stereocenters. The number of morpholine rings is 2. The highest BCUT2D eigenvalue weighted by Gasteiger charge is 2.16. The zero-order valence-electron chi connectivity index (χ0n) is 24.6. The van der Waals surface area contributed by atoms with Crippen molar-refractivity contribution < 1.29 is 23.5 Å². The van der Waals surface area contributed by atoms with Gasteiger partial charge in [-0.15, -0.1) is 12.4 Å². The van der Waals surface area contributed by atoms with Crippen LogP contribution in [0.25, 0.3) is 0 Å². The number of nitrogens with one attached hydrogen (secondary N) is 1. The second-order valence-corrected chi connectivity index (χ2v) is 12.0. The number of aromatic nitrogens is 2. The highest BCUT2D eigenvalue weighted by molar-refractivity contribution is 14.1. The van der Waals surface area contributed by atoms with Crippen LogP contribution in [-0.2, 0) is 19.1 Å². The van der Waals surface area contributed by atoms with E-state index < -0.39 is 5.95 Å². The van der Waals surface area contributed by atoms with Gasteiger partial charge in [-0.2, -0.15) is 4.39 Å². The number of carbonyl (C=O) groups excluding carboxylic acids is 2. The van der Waals surface area contributed by atoms with Crippen molar-refractivity contribution in [3.63, 3.8) is 0 Å². The smallest absolute Gasteiger partial charge is 0.215 e. The first-order valence-corrected chi connectivity index (χ1v) is 15.9. The highest BCUT2D eigenvalue weighted by Crippen LogP contribution is 2.21. The summed E-state index contributed by atoms with van der Waals surface area (Å²) in [5, 5.41) is 3.19. The molecule has 0 bridgehead atoms. The predicted molar refractivity (Wildman–Crippen MR) is 185 cm³/mol. The van der Waals surface area contributed by atoms with Crippen molar-refractivity contribution in [1.82, 2.24) is 9.97 Å². The third-order valence-electron chi connectivity index (χ3n) is 6.24. The maximum absolute atomic E-state index is 13.0. The van der Waals surface area contributed by atoms with Crippen molar-refractivity contribution >= 4 is 86.6 Å². The Kier molecular flexibility index (Phi) is 18.9. The second-order valence-electron chi connectivity index (χ2n) is 9.49. The fourth-order valence-electron chi connectivity index (χ4n) is 3.85. The van der Waals surface area contributed by atoms with Crippen LogP contribution in [0.5, 0.6) is 0 Å². The van der Waals surface area contributed by atoms with Crippen LogP contribution in [0.15, 0.2) is 24.3 Å². The van der Waals surface area contributed by atoms with Gasteiger partial charge in [0.15, 0.2) is 5.78 Å². The predicted octanol–water partition coefficient (Wildman–Crippen LogP) is 4.70. The number of anilines is 3. The minimum absolute atomic E-state index is 0. The van der Waals surface area contributed by atoms with Crippen molar-refractivity contribution in [2.75, 3.05) is 67.7 Å². The Morgan fingerprint density at radius 1 is 0.881 bits per heavy atom. The van der Waals surface area contributed by atoms with E-state index in [1.54, 1.807) is 6.92 Å². The number of hydrogen-bond acceptors (Lipinski definition) is 10. The summed E-state index contributed by atoms with van der Waals surface area (Å²) >= 11 is 4.37. The van der Waals surface area contributed by atoms with Gasteiger partial charge in [-0.05, 0) is 77.2 Å². The van der Waals surface area contributed by atoms with Gasteiger partial charge in [-0.1, -0.05) is 13.8 Å². The molecule has 2 aliphatic rings. The lowest BCUT2D eigenvalue weighted by Gasteiger charge is -2.28. The average Bonchev–Trinajstić information content (AvgIpc) is 2.97. The van der Waals surface area contributed by atoms with E-state index in [-0.39, 0.29) is 36.1 Å². The number of nitrogens with two attached hydrogens (primary N) is 1. The molecule has 0 saturated carbocycles. The molecule has 3 N–H and O–H groups in total. The maximum Gasteiger partial charge on any atom is 0.215 e. The molecule has 2 fully saturated rings. The number of ether oxygens (including phenoxy) is 2. The molecule has 14 heteroatoms. The Morgan fingerprint density at radius 2 is 1.33 bits per heavy atom. The Labute approximate surface area is 281 Å². The topological polar surface area (TPSA) is 123 Å². The van der Waals surface area contributed by atoms with Gasteiger partial charge in [0.05, 0.1) is 38.5 Å². The summed E-state index contributed by atoms with van der Waals surface area (Å²) in [6, 6.07) is 6.85. The minimum Gasteiger partial charge on any atom is -0.378 e. The van der Waals surface area contributed by atoms with Crippen molar-refractivity contribution in [2.45, 2.75) is 52.6 Å². The Hall–Kier alpha value is -1.40. The van der Waals surface area contributed by atoms with Gasteiger partial charge < -0.3 is 30.3 Å². The maximum atomic E-state index is 13.0. The largest absolute Gasteiger partial charge is 0.378 e. The van der Waals surface area contributed by atoms with Crippen LogP contribution in [0.2, 0.25) is 0 Å². The van der Waals surface area contributed by atoms with Crippen molar-refractivity contribution in [3.05, 3.63) is 37.4 Å². The molecule has 0 aliphatic carbocycles. The summed E-state index contributed by atoms with van der Waals surface area (Å²) in [5.74, 6) is 2.31. The molecule has 2 saturated heterocycles. The number of rotatable bonds is 8. The van der Waals surface area contributed by atoms with Crippen LogP contribution in [0, 0.1) is 13.1 Å². The van der Waals surface area contributed by atoms with Crippen LogP contribution < -0.4 is 20.9 Å². The third-order valence-corrected chi connectivity index (χ3v) is 7.49. The van der Waals surface area contributed by atoms with E-state index in [2.05, 4.69) is 71.4 Å². The number of Topliss-reactive ketones (excluding diaryl/α,β-unsaturated/α-hetero) is 2. The Balaban J connectivity index is 0.000000349. The molecular formula is C28H42ClFI2N6O4. The lowest BCUT2D eigenvalue weighted by molar-refractivity contribution is -0.120. The first-order chi connectivity index (χ1) is 19.5. The summed E-state index contributed by atoms with van der Waals surface area (Å²) in [5.41, 5.74) is 5.20. The quantitative estimate of drug-likeness (QED) is 0.286. The summed E-state index contributed by atoms with van der Waals surface area (Å²) in [7, 11) is 0. The zero-order valence-corrected chi connectivity index (χ0v) is 29.7. The van der Waals surface area contributed by atoms with Crippen LogP contribution in [-0.4, -0.2) is 86.2 Å². The Bertz CT molecular complexity index is 1100. The summed E-state index contributed by atoms with van der Waals surface area (Å²) < 4.78 is 25.6. The van der Waals surface area contributed by atoms with Gasteiger partial charge in [0.2, 0.25) is 5.95 Å². The van der Waals surface area contributed by atoms with E-state index in [4.69, 9.17) is 15.2 Å². The highest BCUT2D eigenvalue weighted by atomic mass is 127. The third kappa shape index (κ3) is 13.9. The minimum atomic E-state index is -0.418. The van der Waals surface area contributed by atoms with E-state index >= 15 is 0 Å². The molecule has 0 unspecified atom stereocenters. The molecule has 2 aromatic heterocycles. The van der Waals surface area contributed by atoms with Crippen LogP contribution in [0.4, 0.5) is 21.8 Å². The normalized spacial score (nSPS) is 16.0. The van der Waals surface area contributed by atoms with Gasteiger partial charge in [0, 0.05) is 52.2 Å². The fourth-order valence-corrected chi connectivity index (χ4v) is 4.96. The van der Waals surface area contributed by atoms with Crippen LogP contribution in [0.3, 0.4) is 0 Å². The standard InChI is InChI=1S/C14H20IN3O2.C9H10FIN2O.C5H11NO.ClH/c1-3-12(19)10(2)16-13-8-11(15)9-14(17-13)18-4-6-20-7-5-18;10-8-5-7(11)6-9(12-8)13-1-3-14-4-2-13;1-3-5(7)4(2)6;/h8-10H,3-7H2,1-2H3,(H,16,17);5-6H,1-4H2;4H,3,6H2,1-2H3;1H/t10-;;4-;/m1.1./s1. The number of nitrogens with zero attached hydrogens (tertiary/aromatic N) is 4. The van der Waals surface area contributed by atoms with E-state index in [0.29, 0.717) is 31.9 Å². The van der Waals surface area contributed by atoms with E-state index in [1.165, 1.54) is 6.07 Å². The van der Waals surface area contributed by atoms with Gasteiger partial charge in [0.1, 0.15) is 23.2 Å². The molecule has 42 heavy (non-hydrogen) atoms. The zero-order chi connectivity index (χ0) is 30.4. The lowest BCUT2D eigenvalue weighted by Crippen LogP contribution is -2.37. The van der Waals surface area contributed by atoms with Crippen LogP contribution in [0.1, 0.15) is 40.5 Å². The SMILES string of the molecule is CCC(=O)[C@@H](C)N.CCC(=O)[C@@H](C)Nc1cc(I)cc(N2CCOCC2)n1.Cl.Fc1cc(I)cc(N2CCOCC2)n1. The van der Waals surface area contributed by atoms with Gasteiger partial charge in [-0.3, -0.25) is 9.59 Å². The molecule has 0 radical (unpaired) electrons. The van der Waals surface area contributed by atoms with Gasteiger partial charge in [0.25, 0.3) is 0 Å². The van der Waals surface area contributed by atoms with Crippen molar-refractivity contribution in [3.8, 4) is 0 Å². The lowest BCUT2D eigenvalue weighted by atomic mass is 10.2. The van der Waals surface area contributed by atoms with E-state index in [0.717, 1.165) is 58.2 Å². The molecule has 2 aromatic rings. The monoisotopic (exact) mass is 834 g/mol. The van der Waals surface area contributed by atoms with Crippen molar-refractivity contribution in [1.29, 1.82) is 0 Å². The van der Waals surface area contributed by atoms with Crippen molar-refractivity contribution in [2.24, 2.45) is 5.73 Å². The summed E-state index contributed by atoms with van der Waals surface area (Å²) in [4.78, 5) is 34.8. The molecule has 236 valence electrons.